The van der Waals surface area contributed by atoms with Gasteiger partial charge in [-0.2, -0.15) is 5.26 Å². The second kappa shape index (κ2) is 7.07. The van der Waals surface area contributed by atoms with E-state index in [0.717, 1.165) is 12.8 Å². The minimum absolute atomic E-state index is 0.0722. The molecule has 1 saturated carbocycles. The fraction of sp³-hybridized carbons (Fsp3) is 0.818. The third kappa shape index (κ3) is 4.07. The SMILES string of the molecule is COCCN(CCC#N)C(=O)NC1CCC1. The van der Waals surface area contributed by atoms with Crippen LogP contribution in [0.3, 0.4) is 0 Å². The predicted molar refractivity (Wildman–Crippen MR) is 59.8 cm³/mol. The first kappa shape index (κ1) is 12.8. The molecule has 1 aliphatic carbocycles. The molecule has 90 valence electrons. The quantitative estimate of drug-likeness (QED) is 0.736. The normalized spacial score (nSPS) is 15.0. The number of amides is 2. The first-order valence-electron chi connectivity index (χ1n) is 5.69. The summed E-state index contributed by atoms with van der Waals surface area (Å²) in [6.45, 7) is 1.51. The summed E-state index contributed by atoms with van der Waals surface area (Å²) in [6, 6.07) is 2.31. The fourth-order valence-electron chi connectivity index (χ4n) is 1.52. The molecule has 0 saturated heterocycles. The summed E-state index contributed by atoms with van der Waals surface area (Å²) in [7, 11) is 1.60. The van der Waals surface area contributed by atoms with Crippen LogP contribution in [0.5, 0.6) is 0 Å². The summed E-state index contributed by atoms with van der Waals surface area (Å²) in [4.78, 5) is 13.5. The van der Waals surface area contributed by atoms with Gasteiger partial charge in [0.15, 0.2) is 0 Å². The van der Waals surface area contributed by atoms with E-state index in [0.29, 0.717) is 32.2 Å². The molecule has 5 nitrogen and oxygen atoms in total. The van der Waals surface area contributed by atoms with Crippen LogP contribution in [0.2, 0.25) is 0 Å². The number of nitrogens with one attached hydrogen (secondary N) is 1. The van der Waals surface area contributed by atoms with Crippen molar-refractivity contribution in [2.75, 3.05) is 26.8 Å². The van der Waals surface area contributed by atoms with Crippen LogP contribution in [-0.2, 0) is 4.74 Å². The Bertz CT molecular complexity index is 258. The van der Waals surface area contributed by atoms with Gasteiger partial charge < -0.3 is 15.0 Å². The highest BCUT2D eigenvalue weighted by Crippen LogP contribution is 2.18. The van der Waals surface area contributed by atoms with E-state index in [1.165, 1.54) is 6.42 Å². The van der Waals surface area contributed by atoms with E-state index in [2.05, 4.69) is 5.32 Å². The molecule has 0 spiro atoms. The minimum atomic E-state index is -0.0722. The Kier molecular flexibility index (Phi) is 5.65. The molecule has 1 aliphatic rings. The zero-order valence-electron chi connectivity index (χ0n) is 9.74. The third-order valence-electron chi connectivity index (χ3n) is 2.78. The van der Waals surface area contributed by atoms with Gasteiger partial charge in [-0.3, -0.25) is 0 Å². The number of hydrogen-bond donors (Lipinski definition) is 1. The Hall–Kier alpha value is -1.28. The van der Waals surface area contributed by atoms with E-state index in [1.807, 2.05) is 6.07 Å². The molecule has 0 unspecified atom stereocenters. The molecular formula is C11H19N3O2. The average Bonchev–Trinajstić information content (AvgIpc) is 2.23. The fourth-order valence-corrected chi connectivity index (χ4v) is 1.52. The van der Waals surface area contributed by atoms with Crippen molar-refractivity contribution in [3.05, 3.63) is 0 Å². The van der Waals surface area contributed by atoms with Gasteiger partial charge in [-0.1, -0.05) is 0 Å². The predicted octanol–water partition coefficient (Wildman–Crippen LogP) is 1.11. The Morgan fingerprint density at radius 2 is 2.31 bits per heavy atom. The smallest absolute Gasteiger partial charge is 0.317 e. The number of urea groups is 1. The van der Waals surface area contributed by atoms with Crippen LogP contribution in [0.1, 0.15) is 25.7 Å². The summed E-state index contributed by atoms with van der Waals surface area (Å²) >= 11 is 0. The van der Waals surface area contributed by atoms with Gasteiger partial charge >= 0.3 is 6.03 Å². The van der Waals surface area contributed by atoms with Gasteiger partial charge in [0.25, 0.3) is 0 Å². The summed E-state index contributed by atoms with van der Waals surface area (Å²) in [5.41, 5.74) is 0. The van der Waals surface area contributed by atoms with Crippen molar-refractivity contribution in [1.82, 2.24) is 10.2 Å². The zero-order chi connectivity index (χ0) is 11.8. The molecule has 0 aromatic carbocycles. The highest BCUT2D eigenvalue weighted by Gasteiger charge is 2.22. The number of nitrogens with zero attached hydrogens (tertiary/aromatic N) is 2. The van der Waals surface area contributed by atoms with Crippen molar-refractivity contribution in [1.29, 1.82) is 5.26 Å². The molecule has 0 aromatic heterocycles. The monoisotopic (exact) mass is 225 g/mol. The van der Waals surface area contributed by atoms with Gasteiger partial charge in [0.1, 0.15) is 0 Å². The molecule has 1 N–H and O–H groups in total. The summed E-state index contributed by atoms with van der Waals surface area (Å²) in [5, 5.41) is 11.5. The van der Waals surface area contributed by atoms with Gasteiger partial charge in [-0.05, 0) is 19.3 Å². The van der Waals surface area contributed by atoms with Gasteiger partial charge in [-0.15, -0.1) is 0 Å². The van der Waals surface area contributed by atoms with Crippen molar-refractivity contribution in [3.8, 4) is 6.07 Å². The Morgan fingerprint density at radius 1 is 1.56 bits per heavy atom. The second-order valence-corrected chi connectivity index (χ2v) is 3.97. The van der Waals surface area contributed by atoms with Crippen molar-refractivity contribution >= 4 is 6.03 Å². The molecule has 2 amide bonds. The lowest BCUT2D eigenvalue weighted by Crippen LogP contribution is -2.48. The molecule has 1 fully saturated rings. The Labute approximate surface area is 96.4 Å². The molecular weight excluding hydrogens is 206 g/mol. The largest absolute Gasteiger partial charge is 0.383 e. The van der Waals surface area contributed by atoms with Crippen molar-refractivity contribution in [3.63, 3.8) is 0 Å². The topological polar surface area (TPSA) is 65.4 Å². The van der Waals surface area contributed by atoms with E-state index in [4.69, 9.17) is 10.00 Å². The first-order chi connectivity index (χ1) is 7.77. The Balaban J connectivity index is 2.32. The van der Waals surface area contributed by atoms with E-state index in [1.54, 1.807) is 12.0 Å². The van der Waals surface area contributed by atoms with Crippen LogP contribution in [0.25, 0.3) is 0 Å². The maximum atomic E-state index is 11.8. The van der Waals surface area contributed by atoms with Crippen LogP contribution >= 0.6 is 0 Å². The molecule has 0 heterocycles. The van der Waals surface area contributed by atoms with E-state index in [-0.39, 0.29) is 6.03 Å². The van der Waals surface area contributed by atoms with Gasteiger partial charge in [0.05, 0.1) is 19.1 Å². The highest BCUT2D eigenvalue weighted by molar-refractivity contribution is 5.74. The number of nitriles is 1. The number of methoxy groups -OCH3 is 1. The van der Waals surface area contributed by atoms with E-state index >= 15 is 0 Å². The Morgan fingerprint density at radius 3 is 2.81 bits per heavy atom. The van der Waals surface area contributed by atoms with Gasteiger partial charge in [-0.25, -0.2) is 4.79 Å². The summed E-state index contributed by atoms with van der Waals surface area (Å²) in [5.74, 6) is 0. The summed E-state index contributed by atoms with van der Waals surface area (Å²) < 4.78 is 4.94. The van der Waals surface area contributed by atoms with Crippen molar-refractivity contribution in [2.45, 2.75) is 31.7 Å². The number of rotatable bonds is 6. The number of ether oxygens (including phenoxy) is 1. The number of carbonyl (C=O) groups excluding carboxylic acids is 1. The molecule has 0 radical (unpaired) electrons. The maximum Gasteiger partial charge on any atom is 0.317 e. The number of carbonyl (C=O) groups is 1. The second-order valence-electron chi connectivity index (χ2n) is 3.97. The number of hydrogen-bond acceptors (Lipinski definition) is 3. The van der Waals surface area contributed by atoms with Crippen LogP contribution in [0.15, 0.2) is 0 Å². The zero-order valence-corrected chi connectivity index (χ0v) is 9.74. The first-order valence-corrected chi connectivity index (χ1v) is 5.69. The molecule has 16 heavy (non-hydrogen) atoms. The lowest BCUT2D eigenvalue weighted by Gasteiger charge is -2.30. The standard InChI is InChI=1S/C11H19N3O2/c1-16-9-8-14(7-3-6-12)11(15)13-10-4-2-5-10/h10H,2-5,7-9H2,1H3,(H,13,15). The summed E-state index contributed by atoms with van der Waals surface area (Å²) in [6.07, 6.45) is 3.70. The van der Waals surface area contributed by atoms with Crippen LogP contribution in [-0.4, -0.2) is 43.8 Å². The lowest BCUT2D eigenvalue weighted by atomic mass is 9.93. The van der Waals surface area contributed by atoms with Crippen molar-refractivity contribution in [2.24, 2.45) is 0 Å². The van der Waals surface area contributed by atoms with Crippen LogP contribution in [0, 0.1) is 11.3 Å². The van der Waals surface area contributed by atoms with E-state index < -0.39 is 0 Å². The average molecular weight is 225 g/mol. The molecule has 0 aliphatic heterocycles. The molecule has 0 atom stereocenters. The van der Waals surface area contributed by atoms with Gasteiger partial charge in [0.2, 0.25) is 0 Å². The lowest BCUT2D eigenvalue weighted by molar-refractivity contribution is 0.145. The van der Waals surface area contributed by atoms with Crippen LogP contribution < -0.4 is 5.32 Å². The van der Waals surface area contributed by atoms with Gasteiger partial charge in [0, 0.05) is 26.2 Å². The highest BCUT2D eigenvalue weighted by atomic mass is 16.5. The minimum Gasteiger partial charge on any atom is -0.383 e. The molecule has 0 bridgehead atoms. The van der Waals surface area contributed by atoms with Crippen molar-refractivity contribution < 1.29 is 9.53 Å². The van der Waals surface area contributed by atoms with E-state index in [9.17, 15) is 4.79 Å². The third-order valence-corrected chi connectivity index (χ3v) is 2.78. The molecule has 0 aromatic rings. The van der Waals surface area contributed by atoms with Crippen LogP contribution in [0.4, 0.5) is 4.79 Å². The molecule has 5 heteroatoms. The maximum absolute atomic E-state index is 11.8. The molecule has 1 rings (SSSR count).